The first kappa shape index (κ1) is 14.5. The normalized spacial score (nSPS) is 13.1. The van der Waals surface area contributed by atoms with E-state index in [1.165, 1.54) is 0 Å². The van der Waals surface area contributed by atoms with Gasteiger partial charge < -0.3 is 14.6 Å². The molecule has 92 valence electrons. The third-order valence-corrected chi connectivity index (χ3v) is 2.00. The molecular formula is C11H18O5. The maximum absolute atomic E-state index is 11.5. The second-order valence-corrected chi connectivity index (χ2v) is 3.02. The van der Waals surface area contributed by atoms with E-state index in [0.29, 0.717) is 12.7 Å². The van der Waals surface area contributed by atoms with Gasteiger partial charge in [-0.1, -0.05) is 6.92 Å². The maximum atomic E-state index is 11.5. The first-order valence-electron chi connectivity index (χ1n) is 5.30. The van der Waals surface area contributed by atoms with Gasteiger partial charge in [0, 0.05) is 0 Å². The summed E-state index contributed by atoms with van der Waals surface area (Å²) in [4.78, 5) is 22.9. The van der Waals surface area contributed by atoms with Crippen LogP contribution in [-0.4, -0.2) is 30.3 Å². The molecule has 0 radical (unpaired) electrons. The highest BCUT2D eigenvalue weighted by molar-refractivity contribution is 5.95. The smallest absolute Gasteiger partial charge is 0.337 e. The summed E-state index contributed by atoms with van der Waals surface area (Å²) in [5.74, 6) is -1.99. The number of hydrogen-bond donors (Lipinski definition) is 1. The van der Waals surface area contributed by atoms with Crippen molar-refractivity contribution >= 4 is 11.9 Å². The number of carbonyl (C=O) groups excluding carboxylic acids is 2. The zero-order chi connectivity index (χ0) is 12.6. The van der Waals surface area contributed by atoms with Crippen LogP contribution >= 0.6 is 0 Å². The maximum Gasteiger partial charge on any atom is 0.337 e. The fraction of sp³-hybridized carbons (Fsp3) is 0.636. The predicted molar refractivity (Wildman–Crippen MR) is 57.8 cm³/mol. The van der Waals surface area contributed by atoms with Crippen LogP contribution in [0.2, 0.25) is 0 Å². The average molecular weight is 230 g/mol. The quantitative estimate of drug-likeness (QED) is 0.426. The minimum Gasteiger partial charge on any atom is -0.515 e. The molecule has 0 aromatic heterocycles. The zero-order valence-corrected chi connectivity index (χ0v) is 9.86. The first-order chi connectivity index (χ1) is 7.62. The molecule has 0 aliphatic carbocycles. The lowest BCUT2D eigenvalue weighted by Crippen LogP contribution is -2.24. The van der Waals surface area contributed by atoms with Gasteiger partial charge in [0.15, 0.2) is 0 Å². The molecule has 0 spiro atoms. The molecule has 5 nitrogen and oxygen atoms in total. The number of aliphatic hydroxyl groups excluding tert-OH is 1. The topological polar surface area (TPSA) is 72.8 Å². The van der Waals surface area contributed by atoms with Gasteiger partial charge in [-0.05, 0) is 20.3 Å². The van der Waals surface area contributed by atoms with Crippen molar-refractivity contribution in [1.29, 1.82) is 0 Å². The average Bonchev–Trinajstić information content (AvgIpc) is 2.25. The van der Waals surface area contributed by atoms with Crippen LogP contribution in [0.3, 0.4) is 0 Å². The molecule has 16 heavy (non-hydrogen) atoms. The van der Waals surface area contributed by atoms with E-state index in [1.807, 2.05) is 0 Å². The molecule has 0 aromatic rings. The van der Waals surface area contributed by atoms with E-state index in [-0.39, 0.29) is 18.8 Å². The highest BCUT2D eigenvalue weighted by atomic mass is 16.5. The Morgan fingerprint density at radius 3 is 2.12 bits per heavy atom. The number of carbonyl (C=O) groups is 2. The van der Waals surface area contributed by atoms with Crippen molar-refractivity contribution in [3.8, 4) is 0 Å². The molecule has 0 saturated heterocycles. The van der Waals surface area contributed by atoms with E-state index in [2.05, 4.69) is 0 Å². The van der Waals surface area contributed by atoms with E-state index < -0.39 is 17.9 Å². The summed E-state index contributed by atoms with van der Waals surface area (Å²) < 4.78 is 9.54. The molecule has 0 aromatic carbocycles. The Bertz CT molecular complexity index is 270. The van der Waals surface area contributed by atoms with Gasteiger partial charge in [-0.25, -0.2) is 4.79 Å². The lowest BCUT2D eigenvalue weighted by atomic mass is 9.97. The summed E-state index contributed by atoms with van der Waals surface area (Å²) in [5.41, 5.74) is -0.0669. The van der Waals surface area contributed by atoms with Gasteiger partial charge >= 0.3 is 11.9 Å². The second kappa shape index (κ2) is 7.73. The third kappa shape index (κ3) is 3.92. The Hall–Kier alpha value is -1.52. The fourth-order valence-corrected chi connectivity index (χ4v) is 1.26. The standard InChI is InChI=1S/C11H18O5/c1-4-8(10(13)15-5-2)9(7-12)11(14)16-6-3/h7-8,12H,4-6H2,1-3H3/b9-7-. The van der Waals surface area contributed by atoms with Crippen LogP contribution < -0.4 is 0 Å². The molecule has 0 aliphatic rings. The van der Waals surface area contributed by atoms with Crippen molar-refractivity contribution < 1.29 is 24.2 Å². The number of hydrogen-bond acceptors (Lipinski definition) is 5. The summed E-state index contributed by atoms with van der Waals surface area (Å²) in [6, 6.07) is 0. The van der Waals surface area contributed by atoms with Gasteiger partial charge in [-0.15, -0.1) is 0 Å². The highest BCUT2D eigenvalue weighted by Gasteiger charge is 2.28. The van der Waals surface area contributed by atoms with Crippen molar-refractivity contribution in [3.05, 3.63) is 11.8 Å². The van der Waals surface area contributed by atoms with Gasteiger partial charge in [0.1, 0.15) is 0 Å². The fourth-order valence-electron chi connectivity index (χ4n) is 1.26. The van der Waals surface area contributed by atoms with Gasteiger partial charge in [-0.2, -0.15) is 0 Å². The minimum atomic E-state index is -0.774. The zero-order valence-electron chi connectivity index (χ0n) is 9.86. The summed E-state index contributed by atoms with van der Waals surface area (Å²) in [6.07, 6.45) is 0.979. The molecular weight excluding hydrogens is 212 g/mol. The molecule has 0 aliphatic heterocycles. The van der Waals surface area contributed by atoms with E-state index >= 15 is 0 Å². The molecule has 1 N–H and O–H groups in total. The Balaban J connectivity index is 4.77. The molecule has 0 fully saturated rings. The Morgan fingerprint density at radius 1 is 1.19 bits per heavy atom. The molecule has 1 unspecified atom stereocenters. The first-order valence-corrected chi connectivity index (χ1v) is 5.30. The molecule has 0 rings (SSSR count). The number of esters is 2. The number of ether oxygens (including phenoxy) is 2. The largest absolute Gasteiger partial charge is 0.515 e. The van der Waals surface area contributed by atoms with Crippen molar-refractivity contribution in [3.63, 3.8) is 0 Å². The molecule has 0 amide bonds. The summed E-state index contributed by atoms with van der Waals surface area (Å²) in [6.45, 7) is 5.48. The molecule has 0 bridgehead atoms. The van der Waals surface area contributed by atoms with E-state index in [9.17, 15) is 9.59 Å². The number of aliphatic hydroxyl groups is 1. The summed E-state index contributed by atoms with van der Waals surface area (Å²) >= 11 is 0. The van der Waals surface area contributed by atoms with E-state index in [0.717, 1.165) is 0 Å². The van der Waals surface area contributed by atoms with Crippen LogP contribution in [-0.2, 0) is 19.1 Å². The van der Waals surface area contributed by atoms with Crippen LogP contribution in [0.4, 0.5) is 0 Å². The second-order valence-electron chi connectivity index (χ2n) is 3.02. The molecule has 0 saturated carbocycles. The Morgan fingerprint density at radius 2 is 1.75 bits per heavy atom. The lowest BCUT2D eigenvalue weighted by molar-refractivity contribution is -0.150. The van der Waals surface area contributed by atoms with Crippen molar-refractivity contribution in [1.82, 2.24) is 0 Å². The van der Waals surface area contributed by atoms with E-state index in [1.54, 1.807) is 20.8 Å². The molecule has 0 heterocycles. The van der Waals surface area contributed by atoms with E-state index in [4.69, 9.17) is 14.6 Å². The van der Waals surface area contributed by atoms with Gasteiger partial charge in [0.05, 0.1) is 31.0 Å². The summed E-state index contributed by atoms with van der Waals surface area (Å²) in [7, 11) is 0. The van der Waals surface area contributed by atoms with Crippen molar-refractivity contribution in [2.75, 3.05) is 13.2 Å². The number of rotatable bonds is 6. The van der Waals surface area contributed by atoms with Gasteiger partial charge in [-0.3, -0.25) is 4.79 Å². The summed E-state index contributed by atoms with van der Waals surface area (Å²) in [5, 5.41) is 8.97. The predicted octanol–water partition coefficient (Wildman–Crippen LogP) is 1.58. The molecule has 1 atom stereocenters. The van der Waals surface area contributed by atoms with Crippen LogP contribution in [0, 0.1) is 5.92 Å². The highest BCUT2D eigenvalue weighted by Crippen LogP contribution is 2.18. The van der Waals surface area contributed by atoms with Crippen molar-refractivity contribution in [2.45, 2.75) is 27.2 Å². The molecule has 5 heteroatoms. The van der Waals surface area contributed by atoms with Crippen LogP contribution in [0.5, 0.6) is 0 Å². The Kier molecular flexibility index (Phi) is 7.00. The van der Waals surface area contributed by atoms with Crippen LogP contribution in [0.15, 0.2) is 11.8 Å². The van der Waals surface area contributed by atoms with Gasteiger partial charge in [0.2, 0.25) is 0 Å². The monoisotopic (exact) mass is 230 g/mol. The van der Waals surface area contributed by atoms with Gasteiger partial charge in [0.25, 0.3) is 0 Å². The van der Waals surface area contributed by atoms with Crippen LogP contribution in [0.1, 0.15) is 27.2 Å². The SMILES string of the molecule is CCOC(=O)/C(=C\O)C(CC)C(=O)OCC. The lowest BCUT2D eigenvalue weighted by Gasteiger charge is -2.15. The van der Waals surface area contributed by atoms with Crippen molar-refractivity contribution in [2.24, 2.45) is 5.92 Å². The minimum absolute atomic E-state index is 0.0669. The van der Waals surface area contributed by atoms with Crippen LogP contribution in [0.25, 0.3) is 0 Å². The Labute approximate surface area is 95.0 Å². The third-order valence-electron chi connectivity index (χ3n) is 2.00.